The van der Waals surface area contributed by atoms with Gasteiger partial charge < -0.3 is 15.8 Å². The first-order valence-electron chi connectivity index (χ1n) is 6.93. The molecule has 1 saturated carbocycles. The normalized spacial score (nSPS) is 18.2. The van der Waals surface area contributed by atoms with Crippen LogP contribution in [0.15, 0.2) is 0 Å². The van der Waals surface area contributed by atoms with Gasteiger partial charge in [0.15, 0.2) is 0 Å². The van der Waals surface area contributed by atoms with Crippen LogP contribution in [0.25, 0.3) is 0 Å². The summed E-state index contributed by atoms with van der Waals surface area (Å²) in [5, 5.41) is 2.90. The lowest BCUT2D eigenvalue weighted by molar-refractivity contribution is -0.126. The summed E-state index contributed by atoms with van der Waals surface area (Å²) >= 11 is 0. The lowest BCUT2D eigenvalue weighted by atomic mass is 10.1. The van der Waals surface area contributed by atoms with E-state index in [0.29, 0.717) is 25.7 Å². The first-order valence-corrected chi connectivity index (χ1v) is 6.93. The summed E-state index contributed by atoms with van der Waals surface area (Å²) in [5.41, 5.74) is 5.66. The van der Waals surface area contributed by atoms with Gasteiger partial charge in [-0.25, -0.2) is 0 Å². The minimum Gasteiger partial charge on any atom is -0.383 e. The fourth-order valence-electron chi connectivity index (χ4n) is 2.65. The van der Waals surface area contributed by atoms with Crippen LogP contribution in [-0.4, -0.2) is 56.2 Å². The van der Waals surface area contributed by atoms with Gasteiger partial charge in [0.25, 0.3) is 0 Å². The molecule has 5 nitrogen and oxygen atoms in total. The lowest BCUT2D eigenvalue weighted by Gasteiger charge is -2.33. The zero-order valence-electron chi connectivity index (χ0n) is 11.7. The third-order valence-electron chi connectivity index (χ3n) is 3.66. The number of methoxy groups -OCH3 is 1. The Kier molecular flexibility index (Phi) is 7.23. The summed E-state index contributed by atoms with van der Waals surface area (Å²) in [6.45, 7) is 4.49. The number of ether oxygens (including phenoxy) is 1. The van der Waals surface area contributed by atoms with Gasteiger partial charge in [0.05, 0.1) is 12.6 Å². The topological polar surface area (TPSA) is 67.6 Å². The second-order valence-corrected chi connectivity index (χ2v) is 4.92. The van der Waals surface area contributed by atoms with E-state index in [-0.39, 0.29) is 11.9 Å². The maximum Gasteiger partial charge on any atom is 0.237 e. The van der Waals surface area contributed by atoms with Crippen LogP contribution < -0.4 is 11.1 Å². The number of nitrogens with two attached hydrogens (primary N) is 1. The molecule has 1 amide bonds. The van der Waals surface area contributed by atoms with Crippen molar-refractivity contribution in [2.45, 2.75) is 44.7 Å². The molecule has 3 N–H and O–H groups in total. The number of rotatable bonds is 8. The van der Waals surface area contributed by atoms with Crippen molar-refractivity contribution < 1.29 is 9.53 Å². The molecule has 1 atom stereocenters. The van der Waals surface area contributed by atoms with E-state index in [1.807, 2.05) is 6.92 Å². The molecule has 0 aromatic heterocycles. The van der Waals surface area contributed by atoms with Crippen molar-refractivity contribution in [1.29, 1.82) is 0 Å². The van der Waals surface area contributed by atoms with E-state index in [0.717, 1.165) is 6.54 Å². The standard InChI is InChI=1S/C13H27N3O2/c1-11(13(17)15-8-10-18-2)16(9-7-14)12-5-3-4-6-12/h11-12H,3-10,14H2,1-2H3,(H,15,17). The van der Waals surface area contributed by atoms with Crippen LogP contribution in [-0.2, 0) is 9.53 Å². The molecule has 1 aliphatic rings. The number of hydrogen-bond acceptors (Lipinski definition) is 4. The highest BCUT2D eigenvalue weighted by Crippen LogP contribution is 2.24. The first kappa shape index (κ1) is 15.4. The molecule has 106 valence electrons. The van der Waals surface area contributed by atoms with Crippen molar-refractivity contribution >= 4 is 5.91 Å². The van der Waals surface area contributed by atoms with Crippen LogP contribution in [0, 0.1) is 0 Å². The van der Waals surface area contributed by atoms with Crippen LogP contribution in [0.5, 0.6) is 0 Å². The number of nitrogens with zero attached hydrogens (tertiary/aromatic N) is 1. The Labute approximate surface area is 110 Å². The number of amides is 1. The first-order chi connectivity index (χ1) is 8.70. The van der Waals surface area contributed by atoms with Gasteiger partial charge in [0.2, 0.25) is 5.91 Å². The van der Waals surface area contributed by atoms with Crippen LogP contribution in [0.1, 0.15) is 32.6 Å². The lowest BCUT2D eigenvalue weighted by Crippen LogP contribution is -2.51. The van der Waals surface area contributed by atoms with E-state index in [9.17, 15) is 4.79 Å². The number of carbonyl (C=O) groups is 1. The van der Waals surface area contributed by atoms with Crippen molar-refractivity contribution in [1.82, 2.24) is 10.2 Å². The smallest absolute Gasteiger partial charge is 0.237 e. The SMILES string of the molecule is COCCNC(=O)C(C)N(CCN)C1CCCC1. The summed E-state index contributed by atoms with van der Waals surface area (Å²) < 4.78 is 4.93. The molecule has 0 heterocycles. The quantitative estimate of drug-likeness (QED) is 0.615. The molecular formula is C13H27N3O2. The second kappa shape index (κ2) is 8.45. The zero-order valence-corrected chi connectivity index (χ0v) is 11.7. The summed E-state index contributed by atoms with van der Waals surface area (Å²) in [6.07, 6.45) is 4.92. The van der Waals surface area contributed by atoms with Crippen molar-refractivity contribution in [2.75, 3.05) is 33.4 Å². The van der Waals surface area contributed by atoms with Crippen LogP contribution in [0.3, 0.4) is 0 Å². The van der Waals surface area contributed by atoms with Gasteiger partial charge >= 0.3 is 0 Å². The molecule has 0 aromatic carbocycles. The summed E-state index contributed by atoms with van der Waals surface area (Å²) in [6, 6.07) is 0.422. The molecule has 0 aromatic rings. The van der Waals surface area contributed by atoms with Gasteiger partial charge in [-0.2, -0.15) is 0 Å². The van der Waals surface area contributed by atoms with Crippen molar-refractivity contribution in [3.8, 4) is 0 Å². The molecule has 0 radical (unpaired) electrons. The van der Waals surface area contributed by atoms with Gasteiger partial charge in [-0.1, -0.05) is 12.8 Å². The Morgan fingerprint density at radius 1 is 1.50 bits per heavy atom. The van der Waals surface area contributed by atoms with Gasteiger partial charge in [-0.05, 0) is 19.8 Å². The van der Waals surface area contributed by atoms with E-state index >= 15 is 0 Å². The summed E-state index contributed by atoms with van der Waals surface area (Å²) in [5.74, 6) is 0.0763. The van der Waals surface area contributed by atoms with Crippen molar-refractivity contribution in [3.63, 3.8) is 0 Å². The van der Waals surface area contributed by atoms with Crippen molar-refractivity contribution in [2.24, 2.45) is 5.73 Å². The van der Waals surface area contributed by atoms with E-state index in [2.05, 4.69) is 10.2 Å². The molecule has 18 heavy (non-hydrogen) atoms. The molecule has 5 heteroatoms. The Morgan fingerprint density at radius 2 is 2.17 bits per heavy atom. The molecule has 0 spiro atoms. The van der Waals surface area contributed by atoms with Crippen LogP contribution in [0.2, 0.25) is 0 Å². The van der Waals surface area contributed by atoms with E-state index < -0.39 is 0 Å². The third-order valence-corrected chi connectivity index (χ3v) is 3.66. The predicted octanol–water partition coefficient (Wildman–Crippen LogP) is 0.341. The number of carbonyl (C=O) groups excluding carboxylic acids is 1. The average Bonchev–Trinajstić information content (AvgIpc) is 2.89. The molecular weight excluding hydrogens is 230 g/mol. The molecule has 0 saturated heterocycles. The highest BCUT2D eigenvalue weighted by molar-refractivity contribution is 5.81. The van der Waals surface area contributed by atoms with Gasteiger partial charge in [0, 0.05) is 32.8 Å². The number of hydrogen-bond donors (Lipinski definition) is 2. The summed E-state index contributed by atoms with van der Waals surface area (Å²) in [4.78, 5) is 14.3. The Balaban J connectivity index is 2.46. The largest absolute Gasteiger partial charge is 0.383 e. The Hall–Kier alpha value is -0.650. The summed E-state index contributed by atoms with van der Waals surface area (Å²) in [7, 11) is 1.63. The molecule has 1 unspecified atom stereocenters. The van der Waals surface area contributed by atoms with E-state index in [1.165, 1.54) is 25.7 Å². The zero-order chi connectivity index (χ0) is 13.4. The van der Waals surface area contributed by atoms with Gasteiger partial charge in [-0.3, -0.25) is 9.69 Å². The number of nitrogens with one attached hydrogen (secondary N) is 1. The second-order valence-electron chi connectivity index (χ2n) is 4.92. The fourth-order valence-corrected chi connectivity index (χ4v) is 2.65. The molecule has 1 fully saturated rings. The Bertz CT molecular complexity index is 242. The monoisotopic (exact) mass is 257 g/mol. The van der Waals surface area contributed by atoms with E-state index in [1.54, 1.807) is 7.11 Å². The molecule has 1 aliphatic carbocycles. The van der Waals surface area contributed by atoms with Crippen molar-refractivity contribution in [3.05, 3.63) is 0 Å². The minimum absolute atomic E-state index is 0.0763. The molecule has 0 bridgehead atoms. The maximum absolute atomic E-state index is 12.0. The van der Waals surface area contributed by atoms with Crippen LogP contribution in [0.4, 0.5) is 0 Å². The highest BCUT2D eigenvalue weighted by Gasteiger charge is 2.29. The van der Waals surface area contributed by atoms with Gasteiger partial charge in [-0.15, -0.1) is 0 Å². The minimum atomic E-state index is -0.103. The third kappa shape index (κ3) is 4.55. The molecule has 1 rings (SSSR count). The van der Waals surface area contributed by atoms with E-state index in [4.69, 9.17) is 10.5 Å². The fraction of sp³-hybridized carbons (Fsp3) is 0.923. The average molecular weight is 257 g/mol. The molecule has 0 aliphatic heterocycles. The Morgan fingerprint density at radius 3 is 2.72 bits per heavy atom. The van der Waals surface area contributed by atoms with Gasteiger partial charge in [0.1, 0.15) is 0 Å². The highest BCUT2D eigenvalue weighted by atomic mass is 16.5. The van der Waals surface area contributed by atoms with Crippen LogP contribution >= 0.6 is 0 Å². The maximum atomic E-state index is 12.0. The predicted molar refractivity (Wildman–Crippen MR) is 72.4 cm³/mol.